The number of hydrogen-bond acceptors (Lipinski definition) is 4. The minimum Gasteiger partial charge on any atom is -0.469 e. The zero-order valence-corrected chi connectivity index (χ0v) is 10.5. The minimum atomic E-state index is 0.741. The van der Waals surface area contributed by atoms with Crippen LogP contribution in [0, 0.1) is 0 Å². The molecule has 2 heterocycles. The summed E-state index contributed by atoms with van der Waals surface area (Å²) in [5, 5.41) is 4.31. The number of fused-ring (bicyclic) bond motifs is 1. The molecule has 0 spiro atoms. The van der Waals surface area contributed by atoms with E-state index in [1.165, 1.54) is 0 Å². The van der Waals surface area contributed by atoms with Crippen molar-refractivity contribution in [2.24, 2.45) is 0 Å². The van der Waals surface area contributed by atoms with Crippen molar-refractivity contribution in [2.75, 3.05) is 17.6 Å². The third kappa shape index (κ3) is 2.38. The molecular formula is C15H15N3O. The number of pyridine rings is 1. The zero-order valence-electron chi connectivity index (χ0n) is 10.5. The van der Waals surface area contributed by atoms with Gasteiger partial charge in [-0.1, -0.05) is 0 Å². The summed E-state index contributed by atoms with van der Waals surface area (Å²) in [6, 6.07) is 11.7. The van der Waals surface area contributed by atoms with Crippen LogP contribution in [-0.4, -0.2) is 11.5 Å². The van der Waals surface area contributed by atoms with E-state index in [1.54, 1.807) is 12.5 Å². The van der Waals surface area contributed by atoms with Crippen LogP contribution in [0.5, 0.6) is 0 Å². The normalized spacial score (nSPS) is 10.7. The molecule has 4 heteroatoms. The average Bonchev–Trinajstić information content (AvgIpc) is 2.95. The molecule has 0 aliphatic heterocycles. The van der Waals surface area contributed by atoms with Crippen molar-refractivity contribution in [3.8, 4) is 0 Å². The van der Waals surface area contributed by atoms with Gasteiger partial charge in [0, 0.05) is 24.5 Å². The summed E-state index contributed by atoms with van der Waals surface area (Å²) in [4.78, 5) is 4.28. The van der Waals surface area contributed by atoms with E-state index in [1.807, 2.05) is 36.4 Å². The molecule has 0 aliphatic rings. The van der Waals surface area contributed by atoms with Crippen LogP contribution in [0.1, 0.15) is 5.76 Å². The Balaban J connectivity index is 1.76. The fourth-order valence-corrected chi connectivity index (χ4v) is 2.10. The Bertz CT molecular complexity index is 677. The monoisotopic (exact) mass is 253 g/mol. The summed E-state index contributed by atoms with van der Waals surface area (Å²) in [5.74, 6) is 0.966. The number of furan rings is 1. The number of aromatic nitrogens is 1. The van der Waals surface area contributed by atoms with Crippen LogP contribution in [0.2, 0.25) is 0 Å². The van der Waals surface area contributed by atoms with Crippen LogP contribution in [0.25, 0.3) is 10.9 Å². The number of anilines is 2. The highest BCUT2D eigenvalue weighted by Crippen LogP contribution is 2.27. The van der Waals surface area contributed by atoms with Gasteiger partial charge in [0.05, 0.1) is 23.2 Å². The van der Waals surface area contributed by atoms with Gasteiger partial charge in [-0.15, -0.1) is 0 Å². The molecule has 3 N–H and O–H groups in total. The summed E-state index contributed by atoms with van der Waals surface area (Å²) in [5.41, 5.74) is 8.74. The van der Waals surface area contributed by atoms with Crippen molar-refractivity contribution in [1.29, 1.82) is 0 Å². The highest BCUT2D eigenvalue weighted by Gasteiger charge is 2.04. The first-order chi connectivity index (χ1) is 9.34. The van der Waals surface area contributed by atoms with Crippen molar-refractivity contribution in [1.82, 2.24) is 4.98 Å². The first-order valence-electron chi connectivity index (χ1n) is 6.24. The van der Waals surface area contributed by atoms with Crippen LogP contribution in [0.4, 0.5) is 11.4 Å². The second-order valence-electron chi connectivity index (χ2n) is 4.35. The lowest BCUT2D eigenvalue weighted by Crippen LogP contribution is -2.06. The van der Waals surface area contributed by atoms with Gasteiger partial charge in [0.25, 0.3) is 0 Å². The van der Waals surface area contributed by atoms with Crippen molar-refractivity contribution >= 4 is 22.3 Å². The third-order valence-corrected chi connectivity index (χ3v) is 3.09. The Labute approximate surface area is 111 Å². The van der Waals surface area contributed by atoms with Gasteiger partial charge < -0.3 is 15.5 Å². The number of rotatable bonds is 4. The molecule has 0 aliphatic carbocycles. The molecule has 1 aromatic carbocycles. The summed E-state index contributed by atoms with van der Waals surface area (Å²) >= 11 is 0. The maximum absolute atomic E-state index is 6.15. The van der Waals surface area contributed by atoms with Gasteiger partial charge in [-0.3, -0.25) is 4.98 Å². The SMILES string of the molecule is Nc1c(NCCc2ccco2)ccc2ncccc12. The Hall–Kier alpha value is -2.49. The Kier molecular flexibility index (Phi) is 3.06. The third-order valence-electron chi connectivity index (χ3n) is 3.09. The summed E-state index contributed by atoms with van der Waals surface area (Å²) in [6.45, 7) is 0.781. The van der Waals surface area contributed by atoms with E-state index in [-0.39, 0.29) is 0 Å². The number of nitrogens with two attached hydrogens (primary N) is 1. The molecule has 0 saturated carbocycles. The van der Waals surface area contributed by atoms with E-state index in [9.17, 15) is 0 Å². The van der Waals surface area contributed by atoms with E-state index < -0.39 is 0 Å². The molecule has 0 saturated heterocycles. The Morgan fingerprint density at radius 1 is 1.16 bits per heavy atom. The molecule has 0 amide bonds. The number of nitrogens with one attached hydrogen (secondary N) is 1. The molecule has 0 radical (unpaired) electrons. The maximum atomic E-state index is 6.15. The highest BCUT2D eigenvalue weighted by molar-refractivity contribution is 5.96. The van der Waals surface area contributed by atoms with Gasteiger partial charge in [0.15, 0.2) is 0 Å². The number of nitrogen functional groups attached to an aromatic ring is 1. The summed E-state index contributed by atoms with van der Waals surface area (Å²) < 4.78 is 5.29. The average molecular weight is 253 g/mol. The first kappa shape index (κ1) is 11.6. The molecule has 2 aromatic heterocycles. The van der Waals surface area contributed by atoms with E-state index in [0.29, 0.717) is 0 Å². The van der Waals surface area contributed by atoms with E-state index in [0.717, 1.165) is 41.0 Å². The maximum Gasteiger partial charge on any atom is 0.105 e. The van der Waals surface area contributed by atoms with Gasteiger partial charge in [0.2, 0.25) is 0 Å². The van der Waals surface area contributed by atoms with Gasteiger partial charge in [-0.25, -0.2) is 0 Å². The van der Waals surface area contributed by atoms with E-state index in [4.69, 9.17) is 10.2 Å². The Morgan fingerprint density at radius 2 is 2.11 bits per heavy atom. The lowest BCUT2D eigenvalue weighted by Gasteiger charge is -2.10. The van der Waals surface area contributed by atoms with Crippen LogP contribution < -0.4 is 11.1 Å². The topological polar surface area (TPSA) is 64.1 Å². The minimum absolute atomic E-state index is 0.741. The second-order valence-corrected chi connectivity index (χ2v) is 4.35. The predicted octanol–water partition coefficient (Wildman–Crippen LogP) is 3.06. The molecule has 0 unspecified atom stereocenters. The lowest BCUT2D eigenvalue weighted by molar-refractivity contribution is 0.513. The van der Waals surface area contributed by atoms with Crippen molar-refractivity contribution < 1.29 is 4.42 Å². The quantitative estimate of drug-likeness (QED) is 0.701. The summed E-state index contributed by atoms with van der Waals surface area (Å²) in [7, 11) is 0. The van der Waals surface area contributed by atoms with Crippen molar-refractivity contribution in [2.45, 2.75) is 6.42 Å². The van der Waals surface area contributed by atoms with Gasteiger partial charge in [-0.2, -0.15) is 0 Å². The van der Waals surface area contributed by atoms with Crippen LogP contribution in [0.3, 0.4) is 0 Å². The number of hydrogen-bond donors (Lipinski definition) is 2. The number of nitrogens with zero attached hydrogens (tertiary/aromatic N) is 1. The lowest BCUT2D eigenvalue weighted by atomic mass is 10.1. The molecule has 19 heavy (non-hydrogen) atoms. The molecular weight excluding hydrogens is 238 g/mol. The van der Waals surface area contributed by atoms with Gasteiger partial charge >= 0.3 is 0 Å². The van der Waals surface area contributed by atoms with Crippen LogP contribution >= 0.6 is 0 Å². The zero-order chi connectivity index (χ0) is 13.1. The first-order valence-corrected chi connectivity index (χ1v) is 6.24. The smallest absolute Gasteiger partial charge is 0.105 e. The molecule has 3 aromatic rings. The molecule has 96 valence electrons. The summed E-state index contributed by atoms with van der Waals surface area (Å²) in [6.07, 6.45) is 4.29. The molecule has 0 atom stereocenters. The van der Waals surface area contributed by atoms with Crippen LogP contribution in [0.15, 0.2) is 53.3 Å². The van der Waals surface area contributed by atoms with E-state index >= 15 is 0 Å². The predicted molar refractivity (Wildman–Crippen MR) is 77.1 cm³/mol. The fourth-order valence-electron chi connectivity index (χ4n) is 2.10. The molecule has 0 fully saturated rings. The number of benzene rings is 1. The molecule has 4 nitrogen and oxygen atoms in total. The van der Waals surface area contributed by atoms with Crippen molar-refractivity contribution in [3.63, 3.8) is 0 Å². The highest BCUT2D eigenvalue weighted by atomic mass is 16.3. The standard InChI is InChI=1S/C15H15N3O/c16-15-12-4-1-8-17-13(12)5-6-14(15)18-9-7-11-3-2-10-19-11/h1-6,8,10,18H,7,9,16H2. The molecule has 0 bridgehead atoms. The Morgan fingerprint density at radius 3 is 2.95 bits per heavy atom. The largest absolute Gasteiger partial charge is 0.469 e. The second kappa shape index (κ2) is 5.02. The molecule has 3 rings (SSSR count). The van der Waals surface area contributed by atoms with Crippen molar-refractivity contribution in [3.05, 3.63) is 54.6 Å². The van der Waals surface area contributed by atoms with Gasteiger partial charge in [-0.05, 0) is 36.4 Å². The van der Waals surface area contributed by atoms with Crippen LogP contribution in [-0.2, 0) is 6.42 Å². The fraction of sp³-hybridized carbons (Fsp3) is 0.133. The van der Waals surface area contributed by atoms with Gasteiger partial charge in [0.1, 0.15) is 5.76 Å². The van der Waals surface area contributed by atoms with E-state index in [2.05, 4.69) is 10.3 Å².